The van der Waals surface area contributed by atoms with E-state index in [0.717, 1.165) is 0 Å². The van der Waals surface area contributed by atoms with Gasteiger partial charge < -0.3 is 19.4 Å². The topological polar surface area (TPSA) is 87.3 Å². The fourth-order valence-corrected chi connectivity index (χ4v) is 1.11. The summed E-state index contributed by atoms with van der Waals surface area (Å²) in [6.45, 7) is 3.85. The van der Waals surface area contributed by atoms with Crippen LogP contribution in [0.5, 0.6) is 0 Å². The van der Waals surface area contributed by atoms with Gasteiger partial charge in [-0.25, -0.2) is 0 Å². The largest absolute Gasteiger partial charge is 0.463 e. The van der Waals surface area contributed by atoms with Crippen LogP contribution in [-0.2, 0) is 16.1 Å². The Bertz CT molecular complexity index is 386. The lowest BCUT2D eigenvalue weighted by molar-refractivity contribution is -0.389. The molecule has 1 heterocycles. The summed E-state index contributed by atoms with van der Waals surface area (Å²) in [7, 11) is 0. The van der Waals surface area contributed by atoms with Gasteiger partial charge >= 0.3 is 11.8 Å². The van der Waals surface area contributed by atoms with Crippen molar-refractivity contribution in [1.29, 1.82) is 0 Å². The number of nitrogens with zero attached hydrogens (tertiary/aromatic N) is 3. The Morgan fingerprint density at radius 3 is 2.88 bits per heavy atom. The van der Waals surface area contributed by atoms with E-state index in [4.69, 9.17) is 4.74 Å². The van der Waals surface area contributed by atoms with Crippen molar-refractivity contribution in [2.45, 2.75) is 32.9 Å². The van der Waals surface area contributed by atoms with Gasteiger partial charge in [0, 0.05) is 6.54 Å². The maximum atomic E-state index is 11.2. The summed E-state index contributed by atoms with van der Waals surface area (Å²) in [6.07, 6.45) is 2.62. The normalized spacial score (nSPS) is 10.4. The second-order valence-corrected chi connectivity index (χ2v) is 3.52. The van der Waals surface area contributed by atoms with Crippen LogP contribution in [0.2, 0.25) is 0 Å². The van der Waals surface area contributed by atoms with Gasteiger partial charge in [0.05, 0.1) is 12.5 Å². The van der Waals surface area contributed by atoms with E-state index in [1.54, 1.807) is 13.8 Å². The van der Waals surface area contributed by atoms with Crippen molar-refractivity contribution in [3.63, 3.8) is 0 Å². The highest BCUT2D eigenvalue weighted by Gasteiger charge is 2.11. The summed E-state index contributed by atoms with van der Waals surface area (Å²) in [5, 5.41) is 10.3. The molecule has 0 bridgehead atoms. The number of carbonyl (C=O) groups excluding carboxylic acids is 1. The number of aromatic nitrogens is 2. The van der Waals surface area contributed by atoms with Crippen LogP contribution in [0.4, 0.5) is 5.82 Å². The molecular weight excluding hydrogens is 214 g/mol. The summed E-state index contributed by atoms with van der Waals surface area (Å²) in [5.41, 5.74) is 0. The van der Waals surface area contributed by atoms with Crippen LogP contribution in [0.15, 0.2) is 12.5 Å². The first kappa shape index (κ1) is 12.2. The van der Waals surface area contributed by atoms with Crippen molar-refractivity contribution in [1.82, 2.24) is 9.55 Å². The van der Waals surface area contributed by atoms with Gasteiger partial charge in [0.1, 0.15) is 6.20 Å². The van der Waals surface area contributed by atoms with Crippen LogP contribution < -0.4 is 0 Å². The third-order valence-corrected chi connectivity index (χ3v) is 1.75. The van der Waals surface area contributed by atoms with E-state index in [-0.39, 0.29) is 24.3 Å². The lowest BCUT2D eigenvalue weighted by Gasteiger charge is -2.07. The number of imidazole rings is 1. The minimum Gasteiger partial charge on any atom is -0.463 e. The van der Waals surface area contributed by atoms with Crippen molar-refractivity contribution in [3.05, 3.63) is 22.6 Å². The average Bonchev–Trinajstić information content (AvgIpc) is 2.61. The van der Waals surface area contributed by atoms with Gasteiger partial charge in [-0.05, 0) is 23.8 Å². The van der Waals surface area contributed by atoms with Gasteiger partial charge in [0.2, 0.25) is 6.33 Å². The van der Waals surface area contributed by atoms with Gasteiger partial charge in [-0.15, -0.1) is 0 Å². The average molecular weight is 227 g/mol. The Hall–Kier alpha value is -1.92. The van der Waals surface area contributed by atoms with Crippen LogP contribution in [0.3, 0.4) is 0 Å². The minimum atomic E-state index is -0.580. The molecule has 1 aromatic rings. The number of aryl methyl sites for hydroxylation is 1. The molecule has 7 nitrogen and oxygen atoms in total. The fourth-order valence-electron chi connectivity index (χ4n) is 1.11. The van der Waals surface area contributed by atoms with Crippen molar-refractivity contribution >= 4 is 11.8 Å². The predicted molar refractivity (Wildman–Crippen MR) is 54.7 cm³/mol. The molecule has 0 unspecified atom stereocenters. The number of ether oxygens (including phenoxy) is 1. The number of carbonyl (C=O) groups is 1. The van der Waals surface area contributed by atoms with E-state index in [1.807, 2.05) is 0 Å². The van der Waals surface area contributed by atoms with E-state index in [9.17, 15) is 14.9 Å². The van der Waals surface area contributed by atoms with Gasteiger partial charge in [-0.1, -0.05) is 0 Å². The Labute approximate surface area is 92.2 Å². The summed E-state index contributed by atoms with van der Waals surface area (Å²) in [6, 6.07) is 0. The molecule has 0 aliphatic heterocycles. The Morgan fingerprint density at radius 1 is 1.69 bits per heavy atom. The zero-order valence-corrected chi connectivity index (χ0v) is 9.12. The zero-order chi connectivity index (χ0) is 12.1. The summed E-state index contributed by atoms with van der Waals surface area (Å²) in [5.74, 6) is -0.552. The number of hydrogen-bond donors (Lipinski definition) is 0. The number of rotatable bonds is 5. The predicted octanol–water partition coefficient (Wildman–Crippen LogP) is 1.13. The molecule has 0 atom stereocenters. The molecular formula is C9H13N3O4. The zero-order valence-electron chi connectivity index (χ0n) is 9.12. The number of esters is 1. The molecule has 16 heavy (non-hydrogen) atoms. The van der Waals surface area contributed by atoms with Gasteiger partial charge in [-0.2, -0.15) is 0 Å². The minimum absolute atomic E-state index is 0.148. The maximum absolute atomic E-state index is 11.2. The molecule has 0 saturated heterocycles. The van der Waals surface area contributed by atoms with Crippen LogP contribution in [0, 0.1) is 10.1 Å². The monoisotopic (exact) mass is 227 g/mol. The van der Waals surface area contributed by atoms with Gasteiger partial charge in [0.15, 0.2) is 0 Å². The number of hydrogen-bond acceptors (Lipinski definition) is 5. The highest BCUT2D eigenvalue weighted by atomic mass is 16.6. The quantitative estimate of drug-likeness (QED) is 0.427. The van der Waals surface area contributed by atoms with E-state index >= 15 is 0 Å². The molecule has 0 aliphatic carbocycles. The molecule has 1 rings (SSSR count). The standard InChI is InChI=1S/C9H13N3O4/c1-7(2)16-9(13)3-4-11-5-8(10-6-11)12(14)15/h5-7H,3-4H2,1-2H3. The first-order valence-electron chi connectivity index (χ1n) is 4.84. The summed E-state index contributed by atoms with van der Waals surface area (Å²) in [4.78, 5) is 24.5. The molecule has 88 valence electrons. The number of nitro groups is 1. The third-order valence-electron chi connectivity index (χ3n) is 1.75. The molecule has 0 saturated carbocycles. The maximum Gasteiger partial charge on any atom is 0.381 e. The van der Waals surface area contributed by atoms with E-state index in [2.05, 4.69) is 4.98 Å². The van der Waals surface area contributed by atoms with Crippen LogP contribution in [-0.4, -0.2) is 26.5 Å². The summed E-state index contributed by atoms with van der Waals surface area (Å²) < 4.78 is 6.41. The van der Waals surface area contributed by atoms with Crippen LogP contribution >= 0.6 is 0 Å². The fraction of sp³-hybridized carbons (Fsp3) is 0.556. The van der Waals surface area contributed by atoms with Gasteiger partial charge in [-0.3, -0.25) is 4.79 Å². The lowest BCUT2D eigenvalue weighted by atomic mass is 10.4. The first-order valence-corrected chi connectivity index (χ1v) is 4.84. The molecule has 7 heteroatoms. The SMILES string of the molecule is CC(C)OC(=O)CCn1cnc([N+](=O)[O-])c1. The molecule has 0 amide bonds. The van der Waals surface area contributed by atoms with Crippen molar-refractivity contribution in [3.8, 4) is 0 Å². The van der Waals surface area contributed by atoms with E-state index < -0.39 is 4.92 Å². The molecule has 0 radical (unpaired) electrons. The smallest absolute Gasteiger partial charge is 0.381 e. The lowest BCUT2D eigenvalue weighted by Crippen LogP contribution is -2.13. The molecule has 0 fully saturated rings. The summed E-state index contributed by atoms with van der Waals surface area (Å²) >= 11 is 0. The second-order valence-electron chi connectivity index (χ2n) is 3.52. The molecule has 0 N–H and O–H groups in total. The van der Waals surface area contributed by atoms with Crippen molar-refractivity contribution < 1.29 is 14.5 Å². The first-order chi connectivity index (χ1) is 7.49. The molecule has 0 aromatic carbocycles. The van der Waals surface area contributed by atoms with Gasteiger partial charge in [0.25, 0.3) is 0 Å². The molecule has 0 spiro atoms. The Morgan fingerprint density at radius 2 is 2.38 bits per heavy atom. The third kappa shape index (κ3) is 3.68. The highest BCUT2D eigenvalue weighted by molar-refractivity contribution is 5.69. The Balaban J connectivity index is 2.42. The van der Waals surface area contributed by atoms with Crippen LogP contribution in [0.25, 0.3) is 0 Å². The second kappa shape index (κ2) is 5.24. The molecule has 1 aromatic heterocycles. The van der Waals surface area contributed by atoms with Crippen molar-refractivity contribution in [2.24, 2.45) is 0 Å². The highest BCUT2D eigenvalue weighted by Crippen LogP contribution is 2.06. The van der Waals surface area contributed by atoms with Crippen molar-refractivity contribution in [2.75, 3.05) is 0 Å². The molecule has 0 aliphatic rings. The van der Waals surface area contributed by atoms with Crippen LogP contribution in [0.1, 0.15) is 20.3 Å². The Kier molecular flexibility index (Phi) is 3.98. The van der Waals surface area contributed by atoms with E-state index in [1.165, 1.54) is 17.1 Å². The van der Waals surface area contributed by atoms with E-state index in [0.29, 0.717) is 6.54 Å².